The van der Waals surface area contributed by atoms with E-state index in [2.05, 4.69) is 20.1 Å². The number of hydrogen-bond donors (Lipinski definition) is 1. The summed E-state index contributed by atoms with van der Waals surface area (Å²) >= 11 is 0. The van der Waals surface area contributed by atoms with E-state index in [1.165, 1.54) is 6.42 Å². The van der Waals surface area contributed by atoms with Crippen molar-refractivity contribution in [1.82, 2.24) is 20.1 Å². The van der Waals surface area contributed by atoms with Crippen LogP contribution in [0.15, 0.2) is 42.5 Å². The maximum absolute atomic E-state index is 13.2. The lowest BCUT2D eigenvalue weighted by atomic mass is 9.94. The Kier molecular flexibility index (Phi) is 6.26. The zero-order chi connectivity index (χ0) is 21.8. The van der Waals surface area contributed by atoms with Gasteiger partial charge in [0.2, 0.25) is 0 Å². The topological polar surface area (TPSA) is 76.9 Å². The molecule has 1 N–H and O–H groups in total. The highest BCUT2D eigenvalue weighted by Crippen LogP contribution is 2.19. The molecule has 6 heteroatoms. The second kappa shape index (κ2) is 9.25. The van der Waals surface area contributed by atoms with E-state index in [9.17, 15) is 9.59 Å². The van der Waals surface area contributed by atoms with Gasteiger partial charge in [-0.1, -0.05) is 42.3 Å². The fourth-order valence-corrected chi connectivity index (χ4v) is 4.12. The number of ketones is 1. The van der Waals surface area contributed by atoms with Crippen molar-refractivity contribution in [3.05, 3.63) is 81.9 Å². The van der Waals surface area contributed by atoms with Crippen molar-refractivity contribution < 1.29 is 9.59 Å². The maximum Gasteiger partial charge on any atom is 0.252 e. The molecule has 31 heavy (non-hydrogen) atoms. The molecule has 0 atom stereocenters. The molecule has 6 nitrogen and oxygen atoms in total. The first-order valence-electron chi connectivity index (χ1n) is 10.9. The zero-order valence-corrected chi connectivity index (χ0v) is 18.1. The van der Waals surface area contributed by atoms with Gasteiger partial charge >= 0.3 is 0 Å². The second-order valence-electron chi connectivity index (χ2n) is 8.19. The monoisotopic (exact) mass is 416 g/mol. The Morgan fingerprint density at radius 1 is 0.968 bits per heavy atom. The summed E-state index contributed by atoms with van der Waals surface area (Å²) in [4.78, 5) is 26.1. The van der Waals surface area contributed by atoms with Gasteiger partial charge in [0.25, 0.3) is 5.91 Å². The Labute approximate surface area is 182 Å². The van der Waals surface area contributed by atoms with Crippen molar-refractivity contribution in [2.24, 2.45) is 0 Å². The third-order valence-corrected chi connectivity index (χ3v) is 5.87. The summed E-state index contributed by atoms with van der Waals surface area (Å²) in [6.07, 6.45) is 5.09. The van der Waals surface area contributed by atoms with Crippen LogP contribution in [0.2, 0.25) is 0 Å². The van der Waals surface area contributed by atoms with Crippen LogP contribution in [0.5, 0.6) is 0 Å². The molecule has 0 spiro atoms. The summed E-state index contributed by atoms with van der Waals surface area (Å²) in [5.41, 5.74) is 3.37. The van der Waals surface area contributed by atoms with Gasteiger partial charge in [-0.2, -0.15) is 0 Å². The molecule has 1 amide bonds. The summed E-state index contributed by atoms with van der Waals surface area (Å²) in [5, 5.41) is 11.6. The van der Waals surface area contributed by atoms with E-state index in [1.807, 2.05) is 32.0 Å². The van der Waals surface area contributed by atoms with Gasteiger partial charge in [0, 0.05) is 37.1 Å². The molecule has 0 radical (unpaired) electrons. The number of amides is 1. The van der Waals surface area contributed by atoms with E-state index < -0.39 is 0 Å². The Morgan fingerprint density at radius 2 is 1.77 bits per heavy atom. The van der Waals surface area contributed by atoms with Crippen LogP contribution in [0.4, 0.5) is 0 Å². The van der Waals surface area contributed by atoms with Crippen LogP contribution in [0, 0.1) is 13.8 Å². The smallest absolute Gasteiger partial charge is 0.252 e. The molecule has 2 aromatic carbocycles. The van der Waals surface area contributed by atoms with Crippen LogP contribution in [0.3, 0.4) is 0 Å². The van der Waals surface area contributed by atoms with Crippen LogP contribution >= 0.6 is 0 Å². The highest BCUT2D eigenvalue weighted by atomic mass is 16.2. The molecule has 4 rings (SSSR count). The number of aromatic nitrogens is 3. The number of rotatable bonds is 6. The Balaban J connectivity index is 1.47. The number of fused-ring (bicyclic) bond motifs is 1. The molecular formula is C25H28N4O2. The largest absolute Gasteiger partial charge is 0.352 e. The highest BCUT2D eigenvalue weighted by Gasteiger charge is 2.20. The fourth-order valence-electron chi connectivity index (χ4n) is 4.12. The molecule has 0 fully saturated rings. The van der Waals surface area contributed by atoms with E-state index in [4.69, 9.17) is 0 Å². The number of aryl methyl sites for hydroxylation is 3. The maximum atomic E-state index is 13.2. The van der Waals surface area contributed by atoms with E-state index in [0.717, 1.165) is 48.6 Å². The number of nitrogens with zero attached hydrogens (tertiary/aromatic N) is 3. The Bertz CT molecular complexity index is 1120. The van der Waals surface area contributed by atoms with Crippen molar-refractivity contribution in [3.63, 3.8) is 0 Å². The van der Waals surface area contributed by atoms with E-state index in [0.29, 0.717) is 29.7 Å². The Morgan fingerprint density at radius 3 is 2.61 bits per heavy atom. The molecule has 3 aromatic rings. The molecule has 160 valence electrons. The highest BCUT2D eigenvalue weighted by molar-refractivity contribution is 6.15. The molecule has 0 saturated heterocycles. The van der Waals surface area contributed by atoms with Crippen molar-refractivity contribution >= 4 is 11.7 Å². The van der Waals surface area contributed by atoms with Crippen LogP contribution in [0.25, 0.3) is 0 Å². The minimum Gasteiger partial charge on any atom is -0.352 e. The first-order valence-corrected chi connectivity index (χ1v) is 10.9. The van der Waals surface area contributed by atoms with Gasteiger partial charge in [-0.15, -0.1) is 10.2 Å². The molecule has 0 unspecified atom stereocenters. The summed E-state index contributed by atoms with van der Waals surface area (Å²) < 4.78 is 2.19. The fraction of sp³-hybridized carbons (Fsp3) is 0.360. The molecule has 0 aliphatic carbocycles. The van der Waals surface area contributed by atoms with Gasteiger partial charge in [0.05, 0.1) is 5.56 Å². The minimum atomic E-state index is -0.245. The normalized spacial score (nSPS) is 13.4. The molecule has 1 aromatic heterocycles. The van der Waals surface area contributed by atoms with Crippen LogP contribution in [-0.4, -0.2) is 33.0 Å². The van der Waals surface area contributed by atoms with Gasteiger partial charge in [-0.05, 0) is 44.4 Å². The zero-order valence-electron chi connectivity index (χ0n) is 18.1. The van der Waals surface area contributed by atoms with E-state index in [-0.39, 0.29) is 11.7 Å². The van der Waals surface area contributed by atoms with Crippen LogP contribution < -0.4 is 5.32 Å². The number of hydrogen-bond acceptors (Lipinski definition) is 4. The average molecular weight is 417 g/mol. The first kappa shape index (κ1) is 21.0. The number of benzene rings is 2. The van der Waals surface area contributed by atoms with E-state index >= 15 is 0 Å². The van der Waals surface area contributed by atoms with Crippen LogP contribution in [-0.2, 0) is 19.4 Å². The number of carbonyl (C=O) groups excluding carboxylic acids is 2. The number of carbonyl (C=O) groups is 2. The standard InChI is InChI=1S/C25H28N4O2/c1-17-11-12-18(2)21(16-17)24(30)19-8-5-6-9-20(19)25(31)26-14-13-23-28-27-22-10-4-3-7-15-29(22)23/h5-6,8-9,11-12,16H,3-4,7,10,13-15H2,1-2H3,(H,26,31). The second-order valence-corrected chi connectivity index (χ2v) is 8.19. The van der Waals surface area contributed by atoms with Crippen molar-refractivity contribution in [3.8, 4) is 0 Å². The van der Waals surface area contributed by atoms with E-state index in [1.54, 1.807) is 24.3 Å². The van der Waals surface area contributed by atoms with Crippen molar-refractivity contribution in [2.45, 2.75) is 52.5 Å². The lowest BCUT2D eigenvalue weighted by Crippen LogP contribution is -2.28. The molecular weight excluding hydrogens is 388 g/mol. The molecule has 0 bridgehead atoms. The molecule has 0 saturated carbocycles. The summed E-state index contributed by atoms with van der Waals surface area (Å²) in [6, 6.07) is 12.8. The average Bonchev–Trinajstić information content (AvgIpc) is 3.00. The lowest BCUT2D eigenvalue weighted by molar-refractivity contribution is 0.0942. The van der Waals surface area contributed by atoms with Gasteiger partial charge < -0.3 is 9.88 Å². The number of nitrogens with one attached hydrogen (secondary N) is 1. The van der Waals surface area contributed by atoms with Crippen molar-refractivity contribution in [2.75, 3.05) is 6.54 Å². The van der Waals surface area contributed by atoms with Gasteiger partial charge in [0.1, 0.15) is 11.6 Å². The predicted molar refractivity (Wildman–Crippen MR) is 119 cm³/mol. The molecule has 1 aliphatic heterocycles. The minimum absolute atomic E-state index is 0.130. The summed E-state index contributed by atoms with van der Waals surface area (Å²) in [5.74, 6) is 1.58. The quantitative estimate of drug-likeness (QED) is 0.620. The predicted octanol–water partition coefficient (Wildman–Crippen LogP) is 3.82. The summed E-state index contributed by atoms with van der Waals surface area (Å²) in [6.45, 7) is 5.26. The third-order valence-electron chi connectivity index (χ3n) is 5.87. The Hall–Kier alpha value is -3.28. The lowest BCUT2D eigenvalue weighted by Gasteiger charge is -2.12. The van der Waals surface area contributed by atoms with Crippen molar-refractivity contribution in [1.29, 1.82) is 0 Å². The molecule has 2 heterocycles. The SMILES string of the molecule is Cc1ccc(C)c(C(=O)c2ccccc2C(=O)NCCc2nnc3n2CCCCC3)c1. The van der Waals surface area contributed by atoms with Gasteiger partial charge in [-0.3, -0.25) is 9.59 Å². The van der Waals surface area contributed by atoms with Gasteiger partial charge in [-0.25, -0.2) is 0 Å². The van der Waals surface area contributed by atoms with Gasteiger partial charge in [0.15, 0.2) is 5.78 Å². The summed E-state index contributed by atoms with van der Waals surface area (Å²) in [7, 11) is 0. The van der Waals surface area contributed by atoms with Crippen LogP contribution in [0.1, 0.15) is 68.3 Å². The first-order chi connectivity index (χ1) is 15.0. The molecule has 1 aliphatic rings. The third kappa shape index (κ3) is 4.58.